The molecular weight excluding hydrogens is 420 g/mol. The van der Waals surface area contributed by atoms with Crippen LogP contribution < -0.4 is 15.5 Å². The Morgan fingerprint density at radius 2 is 1.94 bits per heavy atom. The van der Waals surface area contributed by atoms with Crippen molar-refractivity contribution in [2.45, 2.75) is 18.8 Å². The second-order valence-electron chi connectivity index (χ2n) is 7.43. The van der Waals surface area contributed by atoms with Crippen molar-refractivity contribution >= 4 is 39.5 Å². The molecule has 3 aromatic rings. The Balaban J connectivity index is 1.60. The molecule has 0 radical (unpaired) electrons. The number of anilines is 2. The third kappa shape index (κ3) is 4.05. The van der Waals surface area contributed by atoms with Gasteiger partial charge in [-0.2, -0.15) is 10.1 Å². The number of nitrogens with one attached hydrogen (secondary N) is 3. The SMILES string of the molecule is CNC(=O)Nc1nc(-c2nc(N3CCOCC3)nc3[nH]nc(C4CCOCC4)c23)cs1. The molecule has 0 unspecified atom stereocenters. The van der Waals surface area contributed by atoms with Crippen LogP contribution >= 0.6 is 11.3 Å². The lowest BCUT2D eigenvalue weighted by Crippen LogP contribution is -2.37. The Morgan fingerprint density at radius 1 is 1.16 bits per heavy atom. The molecule has 0 saturated carbocycles. The number of nitrogens with zero attached hydrogens (tertiary/aromatic N) is 5. The fourth-order valence-electron chi connectivity index (χ4n) is 3.90. The fraction of sp³-hybridized carbons (Fsp3) is 0.526. The van der Waals surface area contributed by atoms with Crippen LogP contribution in [-0.2, 0) is 9.47 Å². The van der Waals surface area contributed by atoms with Gasteiger partial charge in [0.2, 0.25) is 5.95 Å². The summed E-state index contributed by atoms with van der Waals surface area (Å²) in [5.41, 5.74) is 3.06. The second kappa shape index (κ2) is 8.73. The number of ether oxygens (including phenoxy) is 2. The number of morpholine rings is 1. The Morgan fingerprint density at radius 3 is 2.71 bits per heavy atom. The zero-order valence-corrected chi connectivity index (χ0v) is 18.0. The lowest BCUT2D eigenvalue weighted by atomic mass is 9.94. The number of amides is 2. The number of urea groups is 1. The van der Waals surface area contributed by atoms with Gasteiger partial charge in [0.15, 0.2) is 10.8 Å². The molecule has 0 aromatic carbocycles. The van der Waals surface area contributed by atoms with E-state index in [1.54, 1.807) is 7.05 Å². The van der Waals surface area contributed by atoms with Crippen LogP contribution in [0.5, 0.6) is 0 Å². The molecule has 2 aliphatic rings. The van der Waals surface area contributed by atoms with E-state index in [4.69, 9.17) is 19.4 Å². The first-order valence-electron chi connectivity index (χ1n) is 10.3. The first kappa shape index (κ1) is 20.1. The molecule has 0 aliphatic carbocycles. The molecule has 164 valence electrons. The summed E-state index contributed by atoms with van der Waals surface area (Å²) in [6, 6.07) is -0.311. The average Bonchev–Trinajstić information content (AvgIpc) is 3.47. The van der Waals surface area contributed by atoms with E-state index in [0.717, 1.165) is 55.9 Å². The Bertz CT molecular complexity index is 1070. The fourth-order valence-corrected chi connectivity index (χ4v) is 4.59. The quantitative estimate of drug-likeness (QED) is 0.557. The maximum absolute atomic E-state index is 11.7. The van der Waals surface area contributed by atoms with Gasteiger partial charge in [-0.15, -0.1) is 11.3 Å². The van der Waals surface area contributed by atoms with Crippen molar-refractivity contribution in [1.29, 1.82) is 0 Å². The number of fused-ring (bicyclic) bond motifs is 1. The van der Waals surface area contributed by atoms with Crippen molar-refractivity contribution in [2.75, 3.05) is 56.8 Å². The predicted molar refractivity (Wildman–Crippen MR) is 117 cm³/mol. The standard InChI is InChI=1S/C19H24N8O3S/c1-20-18(28)24-19-21-12(10-31-19)15-13-14(11-2-6-29-7-3-11)25-26-16(13)23-17(22-15)27-4-8-30-9-5-27/h10-11H,2-9H2,1H3,(H2,20,21,24,28)(H,22,23,25,26). The van der Waals surface area contributed by atoms with E-state index >= 15 is 0 Å². The molecule has 0 spiro atoms. The minimum absolute atomic E-state index is 0.279. The monoisotopic (exact) mass is 444 g/mol. The summed E-state index contributed by atoms with van der Waals surface area (Å²) in [4.78, 5) is 28.1. The molecule has 12 heteroatoms. The number of carbonyl (C=O) groups excluding carboxylic acids is 1. The first-order valence-corrected chi connectivity index (χ1v) is 11.2. The van der Waals surface area contributed by atoms with Crippen LogP contribution in [0.1, 0.15) is 24.5 Å². The third-order valence-electron chi connectivity index (χ3n) is 5.53. The molecular formula is C19H24N8O3S. The summed E-state index contributed by atoms with van der Waals surface area (Å²) in [5.74, 6) is 0.906. The van der Waals surface area contributed by atoms with E-state index in [2.05, 4.69) is 30.7 Å². The lowest BCUT2D eigenvalue weighted by Gasteiger charge is -2.27. The van der Waals surface area contributed by atoms with Gasteiger partial charge in [0.05, 0.1) is 24.3 Å². The third-order valence-corrected chi connectivity index (χ3v) is 6.29. The molecule has 5 heterocycles. The normalized spacial score (nSPS) is 17.8. The smallest absolute Gasteiger partial charge is 0.320 e. The minimum Gasteiger partial charge on any atom is -0.381 e. The van der Waals surface area contributed by atoms with Crippen LogP contribution in [0.15, 0.2) is 5.38 Å². The highest BCUT2D eigenvalue weighted by atomic mass is 32.1. The van der Waals surface area contributed by atoms with Gasteiger partial charge in [-0.05, 0) is 12.8 Å². The summed E-state index contributed by atoms with van der Waals surface area (Å²) < 4.78 is 11.0. The van der Waals surface area contributed by atoms with Crippen LogP contribution in [-0.4, -0.2) is 77.7 Å². The van der Waals surface area contributed by atoms with Crippen LogP contribution in [0, 0.1) is 0 Å². The summed E-state index contributed by atoms with van der Waals surface area (Å²) in [6.45, 7) is 4.18. The number of rotatable bonds is 4. The van der Waals surface area contributed by atoms with Crippen molar-refractivity contribution in [2.24, 2.45) is 0 Å². The summed E-state index contributed by atoms with van der Waals surface area (Å²) in [6.07, 6.45) is 1.82. The van der Waals surface area contributed by atoms with E-state index in [-0.39, 0.29) is 11.9 Å². The molecule has 5 rings (SSSR count). The molecule has 11 nitrogen and oxygen atoms in total. The predicted octanol–water partition coefficient (Wildman–Crippen LogP) is 1.96. The number of hydrogen-bond acceptors (Lipinski definition) is 9. The van der Waals surface area contributed by atoms with E-state index in [9.17, 15) is 4.79 Å². The number of thiazole rings is 1. The highest BCUT2D eigenvalue weighted by Gasteiger charge is 2.27. The van der Waals surface area contributed by atoms with E-state index in [0.29, 0.717) is 35.6 Å². The van der Waals surface area contributed by atoms with Gasteiger partial charge in [0, 0.05) is 44.6 Å². The Kier molecular flexibility index (Phi) is 5.66. The minimum atomic E-state index is -0.311. The zero-order chi connectivity index (χ0) is 21.2. The molecule has 2 saturated heterocycles. The molecule has 0 atom stereocenters. The van der Waals surface area contributed by atoms with Gasteiger partial charge < -0.3 is 19.7 Å². The number of aromatic amines is 1. The maximum Gasteiger partial charge on any atom is 0.320 e. The van der Waals surface area contributed by atoms with Gasteiger partial charge in [0.25, 0.3) is 0 Å². The summed E-state index contributed by atoms with van der Waals surface area (Å²) >= 11 is 1.35. The van der Waals surface area contributed by atoms with Crippen molar-refractivity contribution in [3.05, 3.63) is 11.1 Å². The maximum atomic E-state index is 11.7. The molecule has 0 bridgehead atoms. The molecule has 3 aromatic heterocycles. The zero-order valence-electron chi connectivity index (χ0n) is 17.2. The summed E-state index contributed by atoms with van der Waals surface area (Å²) in [5, 5.41) is 16.3. The molecule has 3 N–H and O–H groups in total. The van der Waals surface area contributed by atoms with E-state index in [1.807, 2.05) is 5.38 Å². The topological polar surface area (TPSA) is 130 Å². The van der Waals surface area contributed by atoms with E-state index < -0.39 is 0 Å². The van der Waals surface area contributed by atoms with Gasteiger partial charge in [-0.25, -0.2) is 14.8 Å². The van der Waals surface area contributed by atoms with Gasteiger partial charge >= 0.3 is 6.03 Å². The van der Waals surface area contributed by atoms with Crippen molar-refractivity contribution in [3.8, 4) is 11.4 Å². The lowest BCUT2D eigenvalue weighted by molar-refractivity contribution is 0.0847. The second-order valence-corrected chi connectivity index (χ2v) is 8.29. The largest absolute Gasteiger partial charge is 0.381 e. The highest BCUT2D eigenvalue weighted by Crippen LogP contribution is 2.37. The van der Waals surface area contributed by atoms with Gasteiger partial charge in [0.1, 0.15) is 11.4 Å². The van der Waals surface area contributed by atoms with Crippen LogP contribution in [0.4, 0.5) is 15.9 Å². The number of hydrogen-bond donors (Lipinski definition) is 3. The van der Waals surface area contributed by atoms with Crippen LogP contribution in [0.3, 0.4) is 0 Å². The molecule has 2 aliphatic heterocycles. The van der Waals surface area contributed by atoms with Crippen LogP contribution in [0.25, 0.3) is 22.4 Å². The van der Waals surface area contributed by atoms with E-state index in [1.165, 1.54) is 11.3 Å². The Labute approximate surface area is 182 Å². The molecule has 2 amide bonds. The number of aromatic nitrogens is 5. The van der Waals surface area contributed by atoms with Crippen molar-refractivity contribution in [1.82, 2.24) is 30.5 Å². The highest BCUT2D eigenvalue weighted by molar-refractivity contribution is 7.14. The Hall–Kier alpha value is -2.83. The summed E-state index contributed by atoms with van der Waals surface area (Å²) in [7, 11) is 1.57. The van der Waals surface area contributed by atoms with Gasteiger partial charge in [-0.3, -0.25) is 10.4 Å². The number of carbonyl (C=O) groups is 1. The van der Waals surface area contributed by atoms with Gasteiger partial charge in [-0.1, -0.05) is 0 Å². The molecule has 31 heavy (non-hydrogen) atoms. The van der Waals surface area contributed by atoms with Crippen molar-refractivity contribution in [3.63, 3.8) is 0 Å². The molecule has 2 fully saturated rings. The van der Waals surface area contributed by atoms with Crippen molar-refractivity contribution < 1.29 is 14.3 Å². The number of H-pyrrole nitrogens is 1. The average molecular weight is 445 g/mol. The first-order chi connectivity index (χ1) is 15.2. The van der Waals surface area contributed by atoms with Crippen LogP contribution in [0.2, 0.25) is 0 Å².